The summed E-state index contributed by atoms with van der Waals surface area (Å²) in [6.45, 7) is 7.23. The van der Waals surface area contributed by atoms with E-state index >= 15 is 0 Å². The summed E-state index contributed by atoms with van der Waals surface area (Å²) in [7, 11) is 0. The van der Waals surface area contributed by atoms with Gasteiger partial charge in [-0.25, -0.2) is 4.79 Å². The molecule has 21 heavy (non-hydrogen) atoms. The molecule has 1 saturated heterocycles. The second-order valence-electron chi connectivity index (χ2n) is 5.17. The molecule has 1 heterocycles. The molecular weight excluding hydrogens is 274 g/mol. The lowest BCUT2D eigenvalue weighted by Gasteiger charge is -2.34. The van der Waals surface area contributed by atoms with Crippen LogP contribution in [0, 0.1) is 0 Å². The Bertz CT molecular complexity index is 317. The number of aliphatic carboxylic acids is 1. The molecule has 0 aromatic carbocycles. The lowest BCUT2D eigenvalue weighted by molar-refractivity contribution is -0.137. The average molecular weight is 301 g/mol. The van der Waals surface area contributed by atoms with Crippen molar-refractivity contribution in [3.63, 3.8) is 0 Å². The zero-order chi connectivity index (χ0) is 15.5. The van der Waals surface area contributed by atoms with Crippen LogP contribution in [0.25, 0.3) is 0 Å². The summed E-state index contributed by atoms with van der Waals surface area (Å²) in [5.41, 5.74) is 0. The molecule has 2 N–H and O–H groups in total. The van der Waals surface area contributed by atoms with Gasteiger partial charge >= 0.3 is 12.0 Å². The Morgan fingerprint density at radius 3 is 2.52 bits per heavy atom. The smallest absolute Gasteiger partial charge is 0.317 e. The van der Waals surface area contributed by atoms with E-state index < -0.39 is 5.97 Å². The van der Waals surface area contributed by atoms with E-state index in [4.69, 9.17) is 9.84 Å². The largest absolute Gasteiger partial charge is 0.481 e. The molecule has 0 atom stereocenters. The molecular formula is C14H27N3O4. The molecule has 0 aromatic heterocycles. The van der Waals surface area contributed by atoms with Gasteiger partial charge in [0.05, 0.1) is 13.0 Å². The number of urea groups is 1. The molecule has 1 aliphatic heterocycles. The molecule has 122 valence electrons. The van der Waals surface area contributed by atoms with Crippen LogP contribution in [0.15, 0.2) is 0 Å². The second kappa shape index (κ2) is 10.4. The maximum atomic E-state index is 11.9. The lowest BCUT2D eigenvalue weighted by Crippen LogP contribution is -2.52. The van der Waals surface area contributed by atoms with Crippen LogP contribution in [0.5, 0.6) is 0 Å². The van der Waals surface area contributed by atoms with Crippen LogP contribution in [0.4, 0.5) is 4.79 Å². The molecule has 0 aromatic rings. The number of ether oxygens (including phenoxy) is 1. The van der Waals surface area contributed by atoms with E-state index in [1.165, 1.54) is 0 Å². The molecule has 0 saturated carbocycles. The molecule has 7 heteroatoms. The number of unbranched alkanes of at least 4 members (excludes halogenated alkanes) is 1. The maximum Gasteiger partial charge on any atom is 0.317 e. The van der Waals surface area contributed by atoms with Crippen molar-refractivity contribution in [2.24, 2.45) is 0 Å². The number of nitrogens with zero attached hydrogens (tertiary/aromatic N) is 2. The molecule has 0 radical (unpaired) electrons. The molecule has 7 nitrogen and oxygen atoms in total. The summed E-state index contributed by atoms with van der Waals surface area (Å²) < 4.78 is 5.39. The SMILES string of the molecule is CCCCOCCNC(=O)N1CCN(CCC(=O)O)CC1. The number of carboxylic acid groups (broad SMARTS) is 1. The highest BCUT2D eigenvalue weighted by molar-refractivity contribution is 5.74. The van der Waals surface area contributed by atoms with Gasteiger partial charge in [-0.05, 0) is 6.42 Å². The molecule has 0 bridgehead atoms. The zero-order valence-corrected chi connectivity index (χ0v) is 12.8. The predicted octanol–water partition coefficient (Wildman–Crippen LogP) is 0.605. The number of amides is 2. The first kappa shape index (κ1) is 17.7. The summed E-state index contributed by atoms with van der Waals surface area (Å²) >= 11 is 0. The molecule has 0 aliphatic carbocycles. The topological polar surface area (TPSA) is 82.1 Å². The van der Waals surface area contributed by atoms with Crippen LogP contribution in [0.3, 0.4) is 0 Å². The zero-order valence-electron chi connectivity index (χ0n) is 12.8. The normalized spacial score (nSPS) is 16.0. The van der Waals surface area contributed by atoms with Gasteiger partial charge in [-0.3, -0.25) is 9.69 Å². The molecule has 1 fully saturated rings. The predicted molar refractivity (Wildman–Crippen MR) is 79.4 cm³/mol. The van der Waals surface area contributed by atoms with Gasteiger partial charge in [0.25, 0.3) is 0 Å². The van der Waals surface area contributed by atoms with Gasteiger partial charge in [-0.1, -0.05) is 13.3 Å². The highest BCUT2D eigenvalue weighted by Gasteiger charge is 2.20. The van der Waals surface area contributed by atoms with E-state index in [9.17, 15) is 9.59 Å². The van der Waals surface area contributed by atoms with Crippen molar-refractivity contribution in [2.75, 3.05) is 52.5 Å². The third-order valence-corrected chi connectivity index (χ3v) is 3.47. The van der Waals surface area contributed by atoms with Gasteiger partial charge in [0.2, 0.25) is 0 Å². The molecule has 1 aliphatic rings. The van der Waals surface area contributed by atoms with Crippen molar-refractivity contribution in [1.82, 2.24) is 15.1 Å². The highest BCUT2D eigenvalue weighted by atomic mass is 16.5. The van der Waals surface area contributed by atoms with Gasteiger partial charge in [0.1, 0.15) is 0 Å². The average Bonchev–Trinajstić information content (AvgIpc) is 2.49. The van der Waals surface area contributed by atoms with Crippen molar-refractivity contribution in [3.8, 4) is 0 Å². The van der Waals surface area contributed by atoms with Crippen LogP contribution in [0.2, 0.25) is 0 Å². The van der Waals surface area contributed by atoms with Crippen LogP contribution in [0.1, 0.15) is 26.2 Å². The van der Waals surface area contributed by atoms with E-state index in [0.29, 0.717) is 32.8 Å². The number of carbonyl (C=O) groups is 2. The number of hydrogen-bond donors (Lipinski definition) is 2. The first-order valence-corrected chi connectivity index (χ1v) is 7.68. The fourth-order valence-corrected chi connectivity index (χ4v) is 2.12. The number of carbonyl (C=O) groups excluding carboxylic acids is 1. The van der Waals surface area contributed by atoms with Crippen LogP contribution in [-0.4, -0.2) is 79.4 Å². The van der Waals surface area contributed by atoms with Gasteiger partial charge in [0.15, 0.2) is 0 Å². The Morgan fingerprint density at radius 1 is 1.19 bits per heavy atom. The number of carboxylic acids is 1. The minimum absolute atomic E-state index is 0.0630. The standard InChI is InChI=1S/C14H27N3O4/c1-2-3-11-21-12-5-15-14(20)17-9-7-16(8-10-17)6-4-13(18)19/h2-12H2,1H3,(H,15,20)(H,18,19). The Hall–Kier alpha value is -1.34. The lowest BCUT2D eigenvalue weighted by atomic mass is 10.3. The minimum Gasteiger partial charge on any atom is -0.481 e. The first-order chi connectivity index (χ1) is 10.1. The number of piperazine rings is 1. The van der Waals surface area contributed by atoms with Crippen molar-refractivity contribution in [1.29, 1.82) is 0 Å². The van der Waals surface area contributed by atoms with Crippen molar-refractivity contribution in [3.05, 3.63) is 0 Å². The van der Waals surface area contributed by atoms with Crippen molar-refractivity contribution in [2.45, 2.75) is 26.2 Å². The van der Waals surface area contributed by atoms with Crippen LogP contribution in [-0.2, 0) is 9.53 Å². The highest BCUT2D eigenvalue weighted by Crippen LogP contribution is 2.02. The van der Waals surface area contributed by atoms with Crippen molar-refractivity contribution < 1.29 is 19.4 Å². The maximum absolute atomic E-state index is 11.9. The quantitative estimate of drug-likeness (QED) is 0.610. The Morgan fingerprint density at radius 2 is 1.90 bits per heavy atom. The third-order valence-electron chi connectivity index (χ3n) is 3.47. The van der Waals surface area contributed by atoms with E-state index in [1.807, 2.05) is 0 Å². The fraction of sp³-hybridized carbons (Fsp3) is 0.857. The summed E-state index contributed by atoms with van der Waals surface area (Å²) in [6, 6.07) is -0.0630. The van der Waals surface area contributed by atoms with E-state index in [1.54, 1.807) is 4.90 Å². The monoisotopic (exact) mass is 301 g/mol. The number of hydrogen-bond acceptors (Lipinski definition) is 4. The van der Waals surface area contributed by atoms with Gasteiger partial charge < -0.3 is 20.1 Å². The third kappa shape index (κ3) is 7.87. The number of rotatable bonds is 9. The Labute approximate surface area is 126 Å². The van der Waals surface area contributed by atoms with Crippen molar-refractivity contribution >= 4 is 12.0 Å². The molecule has 0 unspecified atom stereocenters. The Kier molecular flexibility index (Phi) is 8.77. The summed E-state index contributed by atoms with van der Waals surface area (Å²) in [5, 5.41) is 11.5. The molecule has 2 amide bonds. The van der Waals surface area contributed by atoms with Gasteiger partial charge in [0, 0.05) is 45.9 Å². The van der Waals surface area contributed by atoms with Crippen LogP contribution >= 0.6 is 0 Å². The van der Waals surface area contributed by atoms with E-state index in [-0.39, 0.29) is 12.5 Å². The molecule has 0 spiro atoms. The molecule has 1 rings (SSSR count). The summed E-state index contributed by atoms with van der Waals surface area (Å²) in [4.78, 5) is 26.3. The van der Waals surface area contributed by atoms with Crippen LogP contribution < -0.4 is 5.32 Å². The van der Waals surface area contributed by atoms with E-state index in [0.717, 1.165) is 32.5 Å². The summed E-state index contributed by atoms with van der Waals surface area (Å²) in [5.74, 6) is -0.779. The number of nitrogens with one attached hydrogen (secondary N) is 1. The second-order valence-corrected chi connectivity index (χ2v) is 5.17. The fourth-order valence-electron chi connectivity index (χ4n) is 2.12. The van der Waals surface area contributed by atoms with Gasteiger partial charge in [-0.2, -0.15) is 0 Å². The first-order valence-electron chi connectivity index (χ1n) is 7.68. The summed E-state index contributed by atoms with van der Waals surface area (Å²) in [6.07, 6.45) is 2.31. The van der Waals surface area contributed by atoms with E-state index in [2.05, 4.69) is 17.1 Å². The van der Waals surface area contributed by atoms with Gasteiger partial charge in [-0.15, -0.1) is 0 Å². The minimum atomic E-state index is -0.779. The Balaban J connectivity index is 2.07.